The topological polar surface area (TPSA) is 51.0 Å². The van der Waals surface area contributed by atoms with Gasteiger partial charge in [-0.3, -0.25) is 0 Å². The largest absolute Gasteiger partial charge is 0.495 e. The average molecular weight is 269 g/mol. The van der Waals surface area contributed by atoms with Crippen molar-refractivity contribution in [2.45, 2.75) is 13.0 Å². The minimum atomic E-state index is -0.0310. The SMILES string of the molecule is COc1cccc2c(Br)c(C(C)N)[nH]c12. The predicted octanol–water partition coefficient (Wildman–Crippen LogP) is 2.96. The van der Waals surface area contributed by atoms with Gasteiger partial charge >= 0.3 is 0 Å². The molecule has 15 heavy (non-hydrogen) atoms. The Labute approximate surface area is 96.7 Å². The molecule has 2 aromatic rings. The molecule has 0 spiro atoms. The molecule has 0 amide bonds. The first kappa shape index (κ1) is 10.5. The van der Waals surface area contributed by atoms with Gasteiger partial charge in [-0.1, -0.05) is 12.1 Å². The van der Waals surface area contributed by atoms with Crippen molar-refractivity contribution in [2.24, 2.45) is 5.73 Å². The molecule has 1 unspecified atom stereocenters. The number of fused-ring (bicyclic) bond motifs is 1. The fourth-order valence-electron chi connectivity index (χ4n) is 1.66. The van der Waals surface area contributed by atoms with Gasteiger partial charge in [-0.25, -0.2) is 0 Å². The van der Waals surface area contributed by atoms with Crippen LogP contribution in [0.4, 0.5) is 0 Å². The second kappa shape index (κ2) is 3.87. The number of halogens is 1. The van der Waals surface area contributed by atoms with Crippen LogP contribution in [0.5, 0.6) is 5.75 Å². The van der Waals surface area contributed by atoms with E-state index >= 15 is 0 Å². The molecule has 1 atom stereocenters. The Morgan fingerprint density at radius 2 is 2.20 bits per heavy atom. The first-order valence-corrected chi connectivity index (χ1v) is 5.54. The number of aromatic nitrogens is 1. The Bertz CT molecular complexity index is 491. The zero-order chi connectivity index (χ0) is 11.0. The number of methoxy groups -OCH3 is 1. The van der Waals surface area contributed by atoms with E-state index in [-0.39, 0.29) is 6.04 Å². The molecule has 80 valence electrons. The van der Waals surface area contributed by atoms with Gasteiger partial charge in [-0.15, -0.1) is 0 Å². The summed E-state index contributed by atoms with van der Waals surface area (Å²) in [5.74, 6) is 0.833. The highest BCUT2D eigenvalue weighted by atomic mass is 79.9. The molecular weight excluding hydrogens is 256 g/mol. The number of H-pyrrole nitrogens is 1. The van der Waals surface area contributed by atoms with E-state index in [4.69, 9.17) is 10.5 Å². The summed E-state index contributed by atoms with van der Waals surface area (Å²) in [6, 6.07) is 5.89. The van der Waals surface area contributed by atoms with Crippen LogP contribution >= 0.6 is 15.9 Å². The summed E-state index contributed by atoms with van der Waals surface area (Å²) in [6.45, 7) is 1.95. The van der Waals surface area contributed by atoms with Gasteiger partial charge in [0.1, 0.15) is 5.75 Å². The maximum atomic E-state index is 5.87. The number of para-hydroxylation sites is 1. The number of hydrogen-bond acceptors (Lipinski definition) is 2. The van der Waals surface area contributed by atoms with Gasteiger partial charge < -0.3 is 15.5 Å². The Morgan fingerprint density at radius 1 is 1.47 bits per heavy atom. The molecule has 1 aromatic heterocycles. The molecule has 0 aliphatic heterocycles. The summed E-state index contributed by atoms with van der Waals surface area (Å²) >= 11 is 3.55. The number of nitrogens with two attached hydrogens (primary N) is 1. The van der Waals surface area contributed by atoms with Crippen molar-refractivity contribution in [2.75, 3.05) is 7.11 Å². The van der Waals surface area contributed by atoms with Crippen LogP contribution in [0.2, 0.25) is 0 Å². The lowest BCUT2D eigenvalue weighted by Crippen LogP contribution is -2.05. The number of rotatable bonds is 2. The Hall–Kier alpha value is -1.00. The fourth-order valence-corrected chi connectivity index (χ4v) is 2.45. The van der Waals surface area contributed by atoms with Crippen molar-refractivity contribution in [3.63, 3.8) is 0 Å². The lowest BCUT2D eigenvalue weighted by molar-refractivity contribution is 0.419. The molecule has 0 aliphatic carbocycles. The van der Waals surface area contributed by atoms with Crippen LogP contribution in [0.1, 0.15) is 18.7 Å². The summed E-state index contributed by atoms with van der Waals surface area (Å²) in [5.41, 5.74) is 7.85. The van der Waals surface area contributed by atoms with Crippen LogP contribution in [0.3, 0.4) is 0 Å². The molecule has 0 aliphatic rings. The number of benzene rings is 1. The van der Waals surface area contributed by atoms with Gasteiger partial charge in [-0.05, 0) is 28.9 Å². The van der Waals surface area contributed by atoms with Crippen molar-refractivity contribution >= 4 is 26.8 Å². The van der Waals surface area contributed by atoms with Crippen molar-refractivity contribution in [3.8, 4) is 5.75 Å². The van der Waals surface area contributed by atoms with Crippen LogP contribution in [0.25, 0.3) is 10.9 Å². The Morgan fingerprint density at radius 3 is 2.80 bits per heavy atom. The van der Waals surface area contributed by atoms with Crippen LogP contribution < -0.4 is 10.5 Å². The van der Waals surface area contributed by atoms with Crippen molar-refractivity contribution in [1.29, 1.82) is 0 Å². The van der Waals surface area contributed by atoms with Gasteiger partial charge in [0.15, 0.2) is 0 Å². The van der Waals surface area contributed by atoms with Crippen molar-refractivity contribution < 1.29 is 4.74 Å². The Kier molecular flexibility index (Phi) is 2.71. The lowest BCUT2D eigenvalue weighted by Gasteiger charge is -2.01. The molecule has 0 fully saturated rings. The van der Waals surface area contributed by atoms with Gasteiger partial charge in [-0.2, -0.15) is 0 Å². The van der Waals surface area contributed by atoms with E-state index in [9.17, 15) is 0 Å². The molecule has 0 bridgehead atoms. The molecule has 1 heterocycles. The monoisotopic (exact) mass is 268 g/mol. The molecule has 4 heteroatoms. The molecular formula is C11H13BrN2O. The highest BCUT2D eigenvalue weighted by molar-refractivity contribution is 9.10. The quantitative estimate of drug-likeness (QED) is 0.880. The van der Waals surface area contributed by atoms with E-state index in [0.29, 0.717) is 0 Å². The van der Waals surface area contributed by atoms with E-state index < -0.39 is 0 Å². The Balaban J connectivity index is 2.75. The van der Waals surface area contributed by atoms with Crippen molar-refractivity contribution in [3.05, 3.63) is 28.4 Å². The van der Waals surface area contributed by atoms with Crippen molar-refractivity contribution in [1.82, 2.24) is 4.98 Å². The van der Waals surface area contributed by atoms with Crippen LogP contribution in [0, 0.1) is 0 Å². The third-order valence-electron chi connectivity index (χ3n) is 2.43. The summed E-state index contributed by atoms with van der Waals surface area (Å²) in [4.78, 5) is 3.29. The van der Waals surface area contributed by atoms with Gasteiger partial charge in [0.05, 0.1) is 12.6 Å². The van der Waals surface area contributed by atoms with Gasteiger partial charge in [0, 0.05) is 21.6 Å². The molecule has 3 N–H and O–H groups in total. The second-order valence-electron chi connectivity index (χ2n) is 3.52. The normalized spacial score (nSPS) is 13.1. The molecule has 2 rings (SSSR count). The summed E-state index contributed by atoms with van der Waals surface area (Å²) < 4.78 is 6.30. The minimum Gasteiger partial charge on any atom is -0.495 e. The maximum absolute atomic E-state index is 5.87. The molecule has 0 saturated carbocycles. The van der Waals surface area contributed by atoms with Gasteiger partial charge in [0.2, 0.25) is 0 Å². The van der Waals surface area contributed by atoms with E-state index in [1.807, 2.05) is 25.1 Å². The van der Waals surface area contributed by atoms with Crippen LogP contribution in [0.15, 0.2) is 22.7 Å². The number of aromatic amines is 1. The summed E-state index contributed by atoms with van der Waals surface area (Å²) in [7, 11) is 1.66. The number of hydrogen-bond donors (Lipinski definition) is 2. The highest BCUT2D eigenvalue weighted by Crippen LogP contribution is 2.35. The molecule has 0 saturated heterocycles. The summed E-state index contributed by atoms with van der Waals surface area (Å²) in [5, 5.41) is 1.10. The summed E-state index contributed by atoms with van der Waals surface area (Å²) in [6.07, 6.45) is 0. The average Bonchev–Trinajstić information content (AvgIpc) is 2.56. The van der Waals surface area contributed by atoms with Gasteiger partial charge in [0.25, 0.3) is 0 Å². The maximum Gasteiger partial charge on any atom is 0.142 e. The smallest absolute Gasteiger partial charge is 0.142 e. The highest BCUT2D eigenvalue weighted by Gasteiger charge is 2.14. The first-order chi connectivity index (χ1) is 7.15. The van der Waals surface area contributed by atoms with E-state index in [2.05, 4.69) is 20.9 Å². The minimum absolute atomic E-state index is 0.0310. The molecule has 1 aromatic carbocycles. The lowest BCUT2D eigenvalue weighted by atomic mass is 10.2. The first-order valence-electron chi connectivity index (χ1n) is 4.74. The standard InChI is InChI=1S/C11H13BrN2O/c1-6(13)10-9(12)7-4-3-5-8(15-2)11(7)14-10/h3-6,14H,13H2,1-2H3. The molecule has 0 radical (unpaired) electrons. The third kappa shape index (κ3) is 1.64. The van der Waals surface area contributed by atoms with Crippen LogP contribution in [-0.2, 0) is 0 Å². The number of nitrogens with one attached hydrogen (secondary N) is 1. The zero-order valence-electron chi connectivity index (χ0n) is 8.67. The van der Waals surface area contributed by atoms with E-state index in [1.54, 1.807) is 7.11 Å². The van der Waals surface area contributed by atoms with Crippen LogP contribution in [-0.4, -0.2) is 12.1 Å². The second-order valence-corrected chi connectivity index (χ2v) is 4.32. The number of ether oxygens (including phenoxy) is 1. The predicted molar refractivity (Wildman–Crippen MR) is 65.2 cm³/mol. The third-order valence-corrected chi connectivity index (χ3v) is 3.29. The zero-order valence-corrected chi connectivity index (χ0v) is 10.3. The molecule has 3 nitrogen and oxygen atoms in total. The van der Waals surface area contributed by atoms with E-state index in [0.717, 1.165) is 26.8 Å². The fraction of sp³-hybridized carbons (Fsp3) is 0.273. The van der Waals surface area contributed by atoms with E-state index in [1.165, 1.54) is 0 Å².